The normalized spacial score (nSPS) is 13.8. The number of hydrogen-bond donors (Lipinski definition) is 0. The Hall–Kier alpha value is -2.53. The summed E-state index contributed by atoms with van der Waals surface area (Å²) < 4.78 is 12.8. The fourth-order valence-electron chi connectivity index (χ4n) is 3.43. The van der Waals surface area contributed by atoms with Gasteiger partial charge < -0.3 is 14.4 Å². The SMILES string of the molecule is CCC(=O)N1CCOc2c(cc(-c3csc4ccccc34)cc2OC)C1. The number of thiophene rings is 1. The maximum atomic E-state index is 12.2. The van der Waals surface area contributed by atoms with Gasteiger partial charge >= 0.3 is 0 Å². The summed E-state index contributed by atoms with van der Waals surface area (Å²) in [5, 5.41) is 3.41. The van der Waals surface area contributed by atoms with Crippen molar-refractivity contribution in [2.24, 2.45) is 0 Å². The molecule has 3 aromatic rings. The summed E-state index contributed by atoms with van der Waals surface area (Å²) in [5.74, 6) is 1.62. The number of carbonyl (C=O) groups excluding carboxylic acids is 1. The van der Waals surface area contributed by atoms with E-state index < -0.39 is 0 Å². The van der Waals surface area contributed by atoms with Gasteiger partial charge in [-0.1, -0.05) is 25.1 Å². The van der Waals surface area contributed by atoms with Crippen LogP contribution in [0.1, 0.15) is 18.9 Å². The van der Waals surface area contributed by atoms with Gasteiger partial charge in [0.25, 0.3) is 0 Å². The molecule has 0 bridgehead atoms. The highest BCUT2D eigenvalue weighted by atomic mass is 32.1. The molecule has 0 unspecified atom stereocenters. The second kappa shape index (κ2) is 7.00. The van der Waals surface area contributed by atoms with Gasteiger partial charge in [-0.2, -0.15) is 0 Å². The Morgan fingerprint density at radius 1 is 1.31 bits per heavy atom. The minimum Gasteiger partial charge on any atom is -0.493 e. The van der Waals surface area contributed by atoms with Crippen molar-refractivity contribution in [1.29, 1.82) is 0 Å². The molecule has 1 aliphatic heterocycles. The Balaban J connectivity index is 1.83. The molecule has 0 atom stereocenters. The molecule has 0 N–H and O–H groups in total. The summed E-state index contributed by atoms with van der Waals surface area (Å²) >= 11 is 1.74. The molecular weight excluding hydrogens is 346 g/mol. The third-order valence-electron chi connectivity index (χ3n) is 4.77. The van der Waals surface area contributed by atoms with E-state index in [4.69, 9.17) is 9.47 Å². The zero-order valence-corrected chi connectivity index (χ0v) is 15.8. The highest BCUT2D eigenvalue weighted by Gasteiger charge is 2.23. The zero-order valence-electron chi connectivity index (χ0n) is 15.0. The number of hydrogen-bond acceptors (Lipinski definition) is 4. The predicted molar refractivity (Wildman–Crippen MR) is 105 cm³/mol. The van der Waals surface area contributed by atoms with Crippen molar-refractivity contribution in [2.45, 2.75) is 19.9 Å². The fraction of sp³-hybridized carbons (Fsp3) is 0.286. The summed E-state index contributed by atoms with van der Waals surface area (Å²) in [6, 6.07) is 12.6. The molecule has 0 saturated carbocycles. The number of amides is 1. The first-order valence-electron chi connectivity index (χ1n) is 8.79. The molecule has 0 saturated heterocycles. The molecule has 5 heteroatoms. The first-order chi connectivity index (χ1) is 12.7. The highest BCUT2D eigenvalue weighted by Crippen LogP contribution is 2.41. The minimum absolute atomic E-state index is 0.145. The van der Waals surface area contributed by atoms with E-state index in [-0.39, 0.29) is 5.91 Å². The third kappa shape index (κ3) is 2.92. The topological polar surface area (TPSA) is 38.8 Å². The van der Waals surface area contributed by atoms with Crippen molar-refractivity contribution in [3.8, 4) is 22.6 Å². The average Bonchev–Trinajstić information content (AvgIpc) is 2.99. The summed E-state index contributed by atoms with van der Waals surface area (Å²) in [6.07, 6.45) is 0.501. The van der Waals surface area contributed by atoms with Crippen LogP contribution in [-0.2, 0) is 11.3 Å². The van der Waals surface area contributed by atoms with E-state index in [2.05, 4.69) is 35.7 Å². The number of ether oxygens (including phenoxy) is 2. The van der Waals surface area contributed by atoms with E-state index in [1.165, 1.54) is 15.6 Å². The molecule has 1 aromatic heterocycles. The Bertz CT molecular complexity index is 963. The van der Waals surface area contributed by atoms with Crippen LogP contribution in [0.4, 0.5) is 0 Å². The van der Waals surface area contributed by atoms with Crippen molar-refractivity contribution in [3.63, 3.8) is 0 Å². The van der Waals surface area contributed by atoms with Crippen LogP contribution in [0.2, 0.25) is 0 Å². The molecule has 2 aromatic carbocycles. The smallest absolute Gasteiger partial charge is 0.222 e. The molecule has 0 spiro atoms. The monoisotopic (exact) mass is 367 g/mol. The van der Waals surface area contributed by atoms with Gasteiger partial charge in [0.05, 0.1) is 13.7 Å². The molecule has 1 aliphatic rings. The van der Waals surface area contributed by atoms with Crippen molar-refractivity contribution in [2.75, 3.05) is 20.3 Å². The lowest BCUT2D eigenvalue weighted by atomic mass is 10.0. The van der Waals surface area contributed by atoms with Gasteiger partial charge in [0.1, 0.15) is 6.61 Å². The van der Waals surface area contributed by atoms with Crippen molar-refractivity contribution >= 4 is 27.3 Å². The van der Waals surface area contributed by atoms with Crippen LogP contribution in [0.15, 0.2) is 41.8 Å². The van der Waals surface area contributed by atoms with Crippen LogP contribution in [0.3, 0.4) is 0 Å². The number of fused-ring (bicyclic) bond motifs is 2. The second-order valence-electron chi connectivity index (χ2n) is 6.33. The van der Waals surface area contributed by atoms with E-state index in [1.807, 2.05) is 17.9 Å². The molecule has 0 aliphatic carbocycles. The number of benzene rings is 2. The van der Waals surface area contributed by atoms with Gasteiger partial charge in [-0.3, -0.25) is 4.79 Å². The summed E-state index contributed by atoms with van der Waals surface area (Å²) in [4.78, 5) is 14.1. The Labute approximate surface area is 157 Å². The Morgan fingerprint density at radius 3 is 2.96 bits per heavy atom. The maximum Gasteiger partial charge on any atom is 0.222 e. The van der Waals surface area contributed by atoms with Gasteiger partial charge in [-0.05, 0) is 29.1 Å². The van der Waals surface area contributed by atoms with Crippen LogP contribution in [-0.4, -0.2) is 31.1 Å². The Kier molecular flexibility index (Phi) is 4.55. The first kappa shape index (κ1) is 16.9. The maximum absolute atomic E-state index is 12.2. The quantitative estimate of drug-likeness (QED) is 0.673. The third-order valence-corrected chi connectivity index (χ3v) is 5.73. The van der Waals surface area contributed by atoms with Crippen LogP contribution < -0.4 is 9.47 Å². The lowest BCUT2D eigenvalue weighted by molar-refractivity contribution is -0.131. The predicted octanol–water partition coefficient (Wildman–Crippen LogP) is 4.71. The molecule has 0 radical (unpaired) electrons. The molecule has 134 valence electrons. The van der Waals surface area contributed by atoms with Crippen LogP contribution in [0, 0.1) is 0 Å². The number of carbonyl (C=O) groups is 1. The lowest BCUT2D eigenvalue weighted by Gasteiger charge is -2.19. The van der Waals surface area contributed by atoms with Crippen LogP contribution in [0.25, 0.3) is 21.2 Å². The molecule has 1 amide bonds. The van der Waals surface area contributed by atoms with Crippen LogP contribution >= 0.6 is 11.3 Å². The fourth-order valence-corrected chi connectivity index (χ4v) is 4.40. The number of methoxy groups -OCH3 is 1. The second-order valence-corrected chi connectivity index (χ2v) is 7.24. The largest absolute Gasteiger partial charge is 0.493 e. The molecule has 26 heavy (non-hydrogen) atoms. The van der Waals surface area contributed by atoms with E-state index in [0.29, 0.717) is 26.1 Å². The van der Waals surface area contributed by atoms with E-state index in [9.17, 15) is 4.79 Å². The van der Waals surface area contributed by atoms with Crippen molar-refractivity contribution < 1.29 is 14.3 Å². The van der Waals surface area contributed by atoms with Crippen LogP contribution in [0.5, 0.6) is 11.5 Å². The molecule has 0 fully saturated rings. The molecule has 4 nitrogen and oxygen atoms in total. The van der Waals surface area contributed by atoms with Gasteiger partial charge in [-0.15, -0.1) is 11.3 Å². The molecule has 4 rings (SSSR count). The summed E-state index contributed by atoms with van der Waals surface area (Å²) in [7, 11) is 1.66. The molecular formula is C21H21NO3S. The minimum atomic E-state index is 0.145. The summed E-state index contributed by atoms with van der Waals surface area (Å²) in [5.41, 5.74) is 3.27. The number of rotatable bonds is 3. The first-order valence-corrected chi connectivity index (χ1v) is 9.67. The van der Waals surface area contributed by atoms with Gasteiger partial charge in [-0.25, -0.2) is 0 Å². The van der Waals surface area contributed by atoms with Gasteiger partial charge in [0.2, 0.25) is 5.91 Å². The average molecular weight is 367 g/mol. The Morgan fingerprint density at radius 2 is 2.15 bits per heavy atom. The summed E-state index contributed by atoms with van der Waals surface area (Å²) in [6.45, 7) is 3.52. The van der Waals surface area contributed by atoms with Crippen molar-refractivity contribution in [3.05, 3.63) is 47.3 Å². The van der Waals surface area contributed by atoms with E-state index in [0.717, 1.165) is 22.6 Å². The standard InChI is InChI=1S/C21H21NO3S/c1-3-20(23)22-8-9-25-21-15(12-22)10-14(11-18(21)24-2)17-13-26-19-7-5-4-6-16(17)19/h4-7,10-11,13H,3,8-9,12H2,1-2H3. The lowest BCUT2D eigenvalue weighted by Crippen LogP contribution is -2.31. The van der Waals surface area contributed by atoms with E-state index >= 15 is 0 Å². The van der Waals surface area contributed by atoms with Gasteiger partial charge in [0, 0.05) is 34.2 Å². The molecule has 2 heterocycles. The zero-order chi connectivity index (χ0) is 18.1. The van der Waals surface area contributed by atoms with E-state index in [1.54, 1.807) is 18.4 Å². The number of nitrogens with zero attached hydrogens (tertiary/aromatic N) is 1. The van der Waals surface area contributed by atoms with Gasteiger partial charge in [0.15, 0.2) is 11.5 Å². The highest BCUT2D eigenvalue weighted by molar-refractivity contribution is 7.17. The van der Waals surface area contributed by atoms with Crippen molar-refractivity contribution in [1.82, 2.24) is 4.90 Å².